The molecule has 0 bridgehead atoms. The molecule has 3 aromatic rings. The molecule has 1 saturated heterocycles. The maximum atomic E-state index is 12.7. The maximum Gasteiger partial charge on any atom is 0.279 e. The number of hydrogen-bond acceptors (Lipinski definition) is 3. The zero-order chi connectivity index (χ0) is 18.8. The number of aromatic nitrogens is 1. The van der Waals surface area contributed by atoms with Crippen LogP contribution >= 0.6 is 22.9 Å². The lowest BCUT2D eigenvalue weighted by Crippen LogP contribution is -3.14. The van der Waals surface area contributed by atoms with E-state index in [1.54, 1.807) is 11.3 Å². The number of anilines is 1. The number of amides is 1. The molecule has 1 aliphatic rings. The summed E-state index contributed by atoms with van der Waals surface area (Å²) in [6.45, 7) is 3.42. The van der Waals surface area contributed by atoms with Crippen LogP contribution in [-0.2, 0) is 4.79 Å². The molecule has 0 aliphatic carbocycles. The summed E-state index contributed by atoms with van der Waals surface area (Å²) in [7, 11) is 0. The Kier molecular flexibility index (Phi) is 5.43. The van der Waals surface area contributed by atoms with Crippen molar-refractivity contribution in [2.75, 3.05) is 18.4 Å². The lowest BCUT2D eigenvalue weighted by molar-refractivity contribution is -0.929. The van der Waals surface area contributed by atoms with Crippen molar-refractivity contribution in [1.82, 2.24) is 4.98 Å². The highest BCUT2D eigenvalue weighted by molar-refractivity contribution is 7.18. The van der Waals surface area contributed by atoms with Crippen LogP contribution in [0.4, 0.5) is 5.69 Å². The lowest BCUT2D eigenvalue weighted by Gasteiger charge is -2.30. The molecule has 0 spiro atoms. The van der Waals surface area contributed by atoms with Crippen LogP contribution in [0, 0.1) is 6.92 Å². The lowest BCUT2D eigenvalue weighted by atomic mass is 10.0. The van der Waals surface area contributed by atoms with E-state index in [1.165, 1.54) is 16.0 Å². The quantitative estimate of drug-likeness (QED) is 0.695. The Labute approximate surface area is 168 Å². The number of aryl methyl sites for hydroxylation is 1. The van der Waals surface area contributed by atoms with Gasteiger partial charge in [0.1, 0.15) is 6.04 Å². The van der Waals surface area contributed by atoms with E-state index in [2.05, 4.69) is 23.5 Å². The minimum absolute atomic E-state index is 0.00349. The second kappa shape index (κ2) is 7.97. The van der Waals surface area contributed by atoms with Gasteiger partial charge in [-0.15, -0.1) is 11.3 Å². The van der Waals surface area contributed by atoms with Gasteiger partial charge in [-0.3, -0.25) is 4.79 Å². The van der Waals surface area contributed by atoms with Crippen LogP contribution in [0.3, 0.4) is 0 Å². The molecule has 2 N–H and O–H groups in total. The number of nitrogens with zero attached hydrogens (tertiary/aromatic N) is 1. The smallest absolute Gasteiger partial charge is 0.279 e. The summed E-state index contributed by atoms with van der Waals surface area (Å²) >= 11 is 8.01. The van der Waals surface area contributed by atoms with Crippen molar-refractivity contribution < 1.29 is 9.69 Å². The third-order valence-electron chi connectivity index (χ3n) is 5.13. The number of hydrogen-bond donors (Lipinski definition) is 2. The van der Waals surface area contributed by atoms with Crippen LogP contribution in [0.15, 0.2) is 42.5 Å². The van der Waals surface area contributed by atoms with Gasteiger partial charge >= 0.3 is 0 Å². The van der Waals surface area contributed by atoms with E-state index < -0.39 is 0 Å². The highest BCUT2D eigenvalue weighted by Gasteiger charge is 2.32. The van der Waals surface area contributed by atoms with Gasteiger partial charge < -0.3 is 10.2 Å². The predicted molar refractivity (Wildman–Crippen MR) is 112 cm³/mol. The number of para-hydroxylation sites is 1. The van der Waals surface area contributed by atoms with Gasteiger partial charge in [-0.1, -0.05) is 29.8 Å². The Balaban J connectivity index is 1.49. The molecule has 27 heavy (non-hydrogen) atoms. The number of nitrogens with one attached hydrogen (secondary N) is 2. The van der Waals surface area contributed by atoms with Crippen molar-refractivity contribution in [2.24, 2.45) is 0 Å². The first kappa shape index (κ1) is 18.4. The Morgan fingerprint density at radius 1 is 1.30 bits per heavy atom. The average Bonchev–Trinajstić information content (AvgIpc) is 3.08. The summed E-state index contributed by atoms with van der Waals surface area (Å²) in [5.41, 5.74) is 2.81. The van der Waals surface area contributed by atoms with E-state index in [0.29, 0.717) is 17.3 Å². The fraction of sp³-hybridized carbons (Fsp3) is 0.333. The first-order valence-corrected chi connectivity index (χ1v) is 10.6. The number of piperidine rings is 1. The Bertz CT molecular complexity index is 938. The molecule has 1 amide bonds. The normalized spacial score (nSPS) is 19.9. The second-order valence-electron chi connectivity index (χ2n) is 7.18. The minimum Gasteiger partial charge on any atom is -0.320 e. The molecule has 140 valence electrons. The molecule has 4 rings (SSSR count). The molecule has 4 nitrogen and oxygen atoms in total. The molecule has 1 aliphatic heterocycles. The first-order chi connectivity index (χ1) is 13.1. The van der Waals surface area contributed by atoms with E-state index in [-0.39, 0.29) is 11.9 Å². The molecule has 2 heterocycles. The standard InChI is InChI=1S/C21H22ClN3OS/c1-14-9-10-16(15(22)12-14)23-20(26)13-25-11-5-4-7-18(25)21-24-17-6-2-3-8-19(17)27-21/h2-3,6,8-10,12,18H,4-5,7,11,13H2,1H3,(H,23,26)/p+1/t18-/m0/s1. The largest absolute Gasteiger partial charge is 0.320 e. The molecule has 2 atom stereocenters. The van der Waals surface area contributed by atoms with E-state index in [1.807, 2.05) is 31.2 Å². The number of rotatable bonds is 4. The van der Waals surface area contributed by atoms with Gasteiger partial charge in [-0.05, 0) is 49.6 Å². The summed E-state index contributed by atoms with van der Waals surface area (Å²) in [6.07, 6.45) is 3.42. The summed E-state index contributed by atoms with van der Waals surface area (Å²) in [5.74, 6) is 0.00349. The molecule has 1 aromatic heterocycles. The van der Waals surface area contributed by atoms with E-state index in [9.17, 15) is 4.79 Å². The molecule has 0 saturated carbocycles. The van der Waals surface area contributed by atoms with Gasteiger partial charge in [0.15, 0.2) is 11.6 Å². The van der Waals surface area contributed by atoms with Crippen molar-refractivity contribution in [3.05, 3.63) is 58.1 Å². The number of fused-ring (bicyclic) bond motifs is 1. The number of carbonyl (C=O) groups excluding carboxylic acids is 1. The van der Waals surface area contributed by atoms with Crippen molar-refractivity contribution in [2.45, 2.75) is 32.2 Å². The Morgan fingerprint density at radius 2 is 2.15 bits per heavy atom. The fourth-order valence-electron chi connectivity index (χ4n) is 3.75. The number of halogens is 1. The molecular formula is C21H23ClN3OS+. The maximum absolute atomic E-state index is 12.7. The van der Waals surface area contributed by atoms with Gasteiger partial charge in [-0.25, -0.2) is 4.98 Å². The summed E-state index contributed by atoms with van der Waals surface area (Å²) in [4.78, 5) is 18.8. The summed E-state index contributed by atoms with van der Waals surface area (Å²) in [6, 6.07) is 14.2. The number of likely N-dealkylation sites (tertiary alicyclic amines) is 1. The topological polar surface area (TPSA) is 46.4 Å². The first-order valence-electron chi connectivity index (χ1n) is 9.36. The molecule has 2 aromatic carbocycles. The average molecular weight is 401 g/mol. The Hall–Kier alpha value is -1.95. The minimum atomic E-state index is 0.00349. The van der Waals surface area contributed by atoms with Crippen molar-refractivity contribution in [3.8, 4) is 0 Å². The zero-order valence-corrected chi connectivity index (χ0v) is 16.9. The van der Waals surface area contributed by atoms with Crippen molar-refractivity contribution >= 4 is 44.7 Å². The number of thiazole rings is 1. The summed E-state index contributed by atoms with van der Waals surface area (Å²) in [5, 5.41) is 4.70. The van der Waals surface area contributed by atoms with Crippen LogP contribution in [0.1, 0.15) is 35.9 Å². The van der Waals surface area contributed by atoms with E-state index in [0.717, 1.165) is 35.5 Å². The van der Waals surface area contributed by atoms with Gasteiger partial charge in [0.25, 0.3) is 5.91 Å². The van der Waals surface area contributed by atoms with Crippen LogP contribution in [-0.4, -0.2) is 24.0 Å². The third-order valence-corrected chi connectivity index (χ3v) is 6.59. The number of carbonyl (C=O) groups is 1. The van der Waals surface area contributed by atoms with Gasteiger partial charge in [0.05, 0.1) is 27.5 Å². The molecular weight excluding hydrogens is 378 g/mol. The molecule has 1 fully saturated rings. The van der Waals surface area contributed by atoms with Crippen LogP contribution in [0.2, 0.25) is 5.02 Å². The monoisotopic (exact) mass is 400 g/mol. The van der Waals surface area contributed by atoms with Gasteiger partial charge in [0, 0.05) is 6.42 Å². The molecule has 6 heteroatoms. The Morgan fingerprint density at radius 3 is 2.96 bits per heavy atom. The van der Waals surface area contributed by atoms with Crippen molar-refractivity contribution in [3.63, 3.8) is 0 Å². The molecule has 0 radical (unpaired) electrons. The van der Waals surface area contributed by atoms with Crippen LogP contribution in [0.25, 0.3) is 10.2 Å². The highest BCUT2D eigenvalue weighted by Crippen LogP contribution is 2.28. The van der Waals surface area contributed by atoms with Gasteiger partial charge in [0.2, 0.25) is 0 Å². The molecule has 1 unspecified atom stereocenters. The predicted octanol–water partition coefficient (Wildman–Crippen LogP) is 4.01. The van der Waals surface area contributed by atoms with Gasteiger partial charge in [-0.2, -0.15) is 0 Å². The SMILES string of the molecule is Cc1ccc(NC(=O)C[NH+]2CCCC[C@H]2c2nc3ccccc3s2)c(Cl)c1. The third kappa shape index (κ3) is 4.15. The van der Waals surface area contributed by atoms with Crippen LogP contribution in [0.5, 0.6) is 0 Å². The van der Waals surface area contributed by atoms with Crippen molar-refractivity contribution in [1.29, 1.82) is 0 Å². The number of quaternary nitrogens is 1. The zero-order valence-electron chi connectivity index (χ0n) is 15.3. The van der Waals surface area contributed by atoms with E-state index >= 15 is 0 Å². The van der Waals surface area contributed by atoms with Crippen LogP contribution < -0.4 is 10.2 Å². The van der Waals surface area contributed by atoms with E-state index in [4.69, 9.17) is 16.6 Å². The fourth-order valence-corrected chi connectivity index (χ4v) is 5.19. The number of benzene rings is 2. The second-order valence-corrected chi connectivity index (χ2v) is 8.65. The highest BCUT2D eigenvalue weighted by atomic mass is 35.5. The summed E-state index contributed by atoms with van der Waals surface area (Å²) < 4.78 is 1.22.